The van der Waals surface area contributed by atoms with Gasteiger partial charge in [-0.05, 0) is 23.8 Å². The summed E-state index contributed by atoms with van der Waals surface area (Å²) >= 11 is 9.43. The monoisotopic (exact) mass is 289 g/mol. The lowest BCUT2D eigenvalue weighted by Gasteiger charge is -2.40. The third kappa shape index (κ3) is 2.30. The number of rotatable bonds is 3. The number of nitrogens with zero attached hydrogens (tertiary/aromatic N) is 1. The molecule has 0 aromatic heterocycles. The largest absolute Gasteiger partial charge is 0.378 e. The van der Waals surface area contributed by atoms with Gasteiger partial charge < -0.3 is 9.64 Å². The fraction of sp³-hybridized carbons (Fsp3) is 0.455. The van der Waals surface area contributed by atoms with Crippen LogP contribution in [0.4, 0.5) is 5.69 Å². The van der Waals surface area contributed by atoms with Crippen molar-refractivity contribution in [2.45, 2.75) is 11.4 Å². The normalized spacial score (nSPS) is 16.6. The van der Waals surface area contributed by atoms with Crippen molar-refractivity contribution in [3.05, 3.63) is 28.8 Å². The molecular formula is C11H13BrClNO. The molecule has 82 valence electrons. The van der Waals surface area contributed by atoms with E-state index in [4.69, 9.17) is 16.3 Å². The van der Waals surface area contributed by atoms with Gasteiger partial charge in [0.2, 0.25) is 0 Å². The van der Waals surface area contributed by atoms with E-state index in [9.17, 15) is 0 Å². The van der Waals surface area contributed by atoms with E-state index in [0.29, 0.717) is 6.10 Å². The Balaban J connectivity index is 2.15. The predicted octanol–water partition coefficient (Wildman–Crippen LogP) is 3.07. The van der Waals surface area contributed by atoms with Crippen molar-refractivity contribution in [3.8, 4) is 0 Å². The molecule has 0 bridgehead atoms. The minimum Gasteiger partial charge on any atom is -0.378 e. The zero-order valence-electron chi connectivity index (χ0n) is 8.54. The zero-order chi connectivity index (χ0) is 10.8. The van der Waals surface area contributed by atoms with Crippen LogP contribution in [0, 0.1) is 0 Å². The fourth-order valence-corrected chi connectivity index (χ4v) is 2.40. The smallest absolute Gasteiger partial charge is 0.0920 e. The summed E-state index contributed by atoms with van der Waals surface area (Å²) in [4.78, 5) is 2.31. The second kappa shape index (κ2) is 4.73. The zero-order valence-corrected chi connectivity index (χ0v) is 10.9. The molecule has 0 N–H and O–H groups in total. The van der Waals surface area contributed by atoms with Crippen molar-refractivity contribution in [2.75, 3.05) is 25.1 Å². The Labute approximate surface area is 103 Å². The molecule has 0 amide bonds. The van der Waals surface area contributed by atoms with Crippen LogP contribution in [-0.4, -0.2) is 26.3 Å². The molecule has 0 radical (unpaired) electrons. The molecule has 1 aliphatic heterocycles. The molecule has 0 aliphatic carbocycles. The van der Waals surface area contributed by atoms with Gasteiger partial charge in [0.1, 0.15) is 0 Å². The van der Waals surface area contributed by atoms with Gasteiger partial charge in [0, 0.05) is 36.2 Å². The first-order valence-corrected chi connectivity index (χ1v) is 6.36. The van der Waals surface area contributed by atoms with E-state index in [2.05, 4.69) is 26.9 Å². The molecule has 1 aliphatic rings. The summed E-state index contributed by atoms with van der Waals surface area (Å²) in [5.74, 6) is 0. The SMILES string of the molecule is COC1CN(c2ccc(Cl)cc2CBr)C1. The maximum absolute atomic E-state index is 5.95. The van der Waals surface area contributed by atoms with Crippen LogP contribution in [0.2, 0.25) is 5.02 Å². The fourth-order valence-electron chi connectivity index (χ4n) is 1.75. The predicted molar refractivity (Wildman–Crippen MR) is 67.1 cm³/mol. The number of ether oxygens (including phenoxy) is 1. The lowest BCUT2D eigenvalue weighted by Crippen LogP contribution is -2.52. The molecule has 1 heterocycles. The Morgan fingerprint density at radius 3 is 2.87 bits per heavy atom. The van der Waals surface area contributed by atoms with Crippen LogP contribution in [0.1, 0.15) is 5.56 Å². The maximum atomic E-state index is 5.95. The van der Waals surface area contributed by atoms with Gasteiger partial charge in [0.15, 0.2) is 0 Å². The summed E-state index contributed by atoms with van der Waals surface area (Å²) in [6.45, 7) is 1.94. The summed E-state index contributed by atoms with van der Waals surface area (Å²) in [6, 6.07) is 6.01. The van der Waals surface area contributed by atoms with Crippen molar-refractivity contribution in [3.63, 3.8) is 0 Å². The maximum Gasteiger partial charge on any atom is 0.0920 e. The molecule has 0 spiro atoms. The number of methoxy groups -OCH3 is 1. The quantitative estimate of drug-likeness (QED) is 0.793. The highest BCUT2D eigenvalue weighted by atomic mass is 79.9. The summed E-state index contributed by atoms with van der Waals surface area (Å²) in [5, 5.41) is 1.62. The molecular weight excluding hydrogens is 277 g/mol. The van der Waals surface area contributed by atoms with Gasteiger partial charge in [-0.15, -0.1) is 0 Å². The van der Waals surface area contributed by atoms with E-state index < -0.39 is 0 Å². The van der Waals surface area contributed by atoms with Gasteiger partial charge in [0.25, 0.3) is 0 Å². The Morgan fingerprint density at radius 2 is 2.27 bits per heavy atom. The van der Waals surface area contributed by atoms with Crippen LogP contribution in [0.5, 0.6) is 0 Å². The lowest BCUT2D eigenvalue weighted by atomic mass is 10.1. The van der Waals surface area contributed by atoms with E-state index in [0.717, 1.165) is 23.4 Å². The van der Waals surface area contributed by atoms with Crippen LogP contribution < -0.4 is 4.90 Å². The Morgan fingerprint density at radius 1 is 1.53 bits per heavy atom. The number of hydrogen-bond acceptors (Lipinski definition) is 2. The third-order valence-corrected chi connectivity index (χ3v) is 3.55. The average molecular weight is 291 g/mol. The van der Waals surface area contributed by atoms with E-state index in [1.807, 2.05) is 12.1 Å². The van der Waals surface area contributed by atoms with E-state index in [-0.39, 0.29) is 0 Å². The number of alkyl halides is 1. The van der Waals surface area contributed by atoms with Gasteiger partial charge in [-0.1, -0.05) is 27.5 Å². The topological polar surface area (TPSA) is 12.5 Å². The number of hydrogen-bond donors (Lipinski definition) is 0. The van der Waals surface area contributed by atoms with Gasteiger partial charge in [0.05, 0.1) is 6.10 Å². The van der Waals surface area contributed by atoms with Crippen molar-refractivity contribution in [2.24, 2.45) is 0 Å². The van der Waals surface area contributed by atoms with Gasteiger partial charge >= 0.3 is 0 Å². The molecule has 0 unspecified atom stereocenters. The van der Waals surface area contributed by atoms with Gasteiger partial charge in [-0.3, -0.25) is 0 Å². The highest BCUT2D eigenvalue weighted by Gasteiger charge is 2.27. The van der Waals surface area contributed by atoms with Crippen molar-refractivity contribution in [1.29, 1.82) is 0 Å². The first kappa shape index (κ1) is 11.2. The van der Waals surface area contributed by atoms with Crippen LogP contribution in [0.3, 0.4) is 0 Å². The Kier molecular flexibility index (Phi) is 3.54. The number of halogens is 2. The molecule has 15 heavy (non-hydrogen) atoms. The minimum absolute atomic E-state index is 0.379. The second-order valence-corrected chi connectivity index (χ2v) is 4.67. The molecule has 1 aromatic rings. The van der Waals surface area contributed by atoms with E-state index in [1.54, 1.807) is 7.11 Å². The molecule has 2 nitrogen and oxygen atoms in total. The summed E-state index contributed by atoms with van der Waals surface area (Å²) < 4.78 is 5.26. The van der Waals surface area contributed by atoms with Crippen molar-refractivity contribution < 1.29 is 4.74 Å². The molecule has 2 rings (SSSR count). The third-order valence-electron chi connectivity index (χ3n) is 2.71. The minimum atomic E-state index is 0.379. The second-order valence-electron chi connectivity index (χ2n) is 3.67. The highest BCUT2D eigenvalue weighted by Crippen LogP contribution is 2.29. The Bertz CT molecular complexity index is 352. The number of anilines is 1. The van der Waals surface area contributed by atoms with Crippen LogP contribution in [0.15, 0.2) is 18.2 Å². The molecule has 1 fully saturated rings. The highest BCUT2D eigenvalue weighted by molar-refractivity contribution is 9.08. The summed E-state index contributed by atoms with van der Waals surface area (Å²) in [7, 11) is 1.76. The van der Waals surface area contributed by atoms with Gasteiger partial charge in [-0.2, -0.15) is 0 Å². The van der Waals surface area contributed by atoms with Crippen LogP contribution in [0.25, 0.3) is 0 Å². The summed E-state index contributed by atoms with van der Waals surface area (Å²) in [5.41, 5.74) is 2.49. The molecule has 1 aromatic carbocycles. The average Bonchev–Trinajstić information content (AvgIpc) is 2.18. The standard InChI is InChI=1S/C11H13BrClNO/c1-15-10-6-14(7-10)11-3-2-9(13)4-8(11)5-12/h2-4,10H,5-7H2,1H3. The van der Waals surface area contributed by atoms with E-state index in [1.165, 1.54) is 11.3 Å². The molecule has 0 atom stereocenters. The first-order valence-electron chi connectivity index (χ1n) is 4.86. The summed E-state index contributed by atoms with van der Waals surface area (Å²) in [6.07, 6.45) is 0.379. The van der Waals surface area contributed by atoms with Gasteiger partial charge in [-0.25, -0.2) is 0 Å². The Hall–Kier alpha value is -0.250. The molecule has 1 saturated heterocycles. The van der Waals surface area contributed by atoms with Crippen molar-refractivity contribution in [1.82, 2.24) is 0 Å². The molecule has 4 heteroatoms. The van der Waals surface area contributed by atoms with Crippen LogP contribution in [-0.2, 0) is 10.1 Å². The first-order chi connectivity index (χ1) is 7.24. The number of benzene rings is 1. The lowest BCUT2D eigenvalue weighted by molar-refractivity contribution is 0.0787. The van der Waals surface area contributed by atoms with Crippen LogP contribution >= 0.6 is 27.5 Å². The van der Waals surface area contributed by atoms with E-state index >= 15 is 0 Å². The molecule has 0 saturated carbocycles. The van der Waals surface area contributed by atoms with Crippen molar-refractivity contribution >= 4 is 33.2 Å².